The number of sulfonamides is 1. The van der Waals surface area contributed by atoms with Crippen molar-refractivity contribution in [1.82, 2.24) is 4.31 Å². The number of rotatable bonds is 2. The Kier molecular flexibility index (Phi) is 4.50. The second kappa shape index (κ2) is 5.50. The van der Waals surface area contributed by atoms with Crippen molar-refractivity contribution in [3.63, 3.8) is 0 Å². The molecule has 2 unspecified atom stereocenters. The lowest BCUT2D eigenvalue weighted by molar-refractivity contribution is 0.289. The molecule has 0 radical (unpaired) electrons. The van der Waals surface area contributed by atoms with Crippen LogP contribution in [-0.2, 0) is 19.9 Å². The minimum absolute atomic E-state index is 0.0224. The molecule has 0 aromatic carbocycles. The van der Waals surface area contributed by atoms with Crippen molar-refractivity contribution >= 4 is 31.5 Å². The zero-order chi connectivity index (χ0) is 14.3. The zero-order valence-corrected chi connectivity index (χ0v) is 13.3. The van der Waals surface area contributed by atoms with Crippen molar-refractivity contribution in [3.05, 3.63) is 0 Å². The van der Waals surface area contributed by atoms with Gasteiger partial charge >= 0.3 is 0 Å². The van der Waals surface area contributed by atoms with E-state index in [0.29, 0.717) is 19.0 Å². The van der Waals surface area contributed by atoms with Crippen LogP contribution in [0.5, 0.6) is 0 Å². The molecule has 2 atom stereocenters. The van der Waals surface area contributed by atoms with Gasteiger partial charge in [0, 0.05) is 18.5 Å². The molecule has 0 aromatic heterocycles. The van der Waals surface area contributed by atoms with Gasteiger partial charge in [0.15, 0.2) is 0 Å². The minimum atomic E-state index is -3.41. The Morgan fingerprint density at radius 2 is 1.74 bits per heavy atom. The molecule has 0 spiro atoms. The monoisotopic (exact) mass is 329 g/mol. The Bertz CT molecular complexity index is 517. The van der Waals surface area contributed by atoms with Gasteiger partial charge < -0.3 is 0 Å². The number of halogens is 1. The fourth-order valence-electron chi connectivity index (χ4n) is 2.60. The first-order chi connectivity index (χ1) is 8.72. The average molecular weight is 330 g/mol. The maximum atomic E-state index is 12.5. The van der Waals surface area contributed by atoms with Crippen LogP contribution in [0.3, 0.4) is 0 Å². The second-order valence-corrected chi connectivity index (χ2v) is 10.6. The summed E-state index contributed by atoms with van der Waals surface area (Å²) in [6.07, 6.45) is 1.19. The number of hydrogen-bond acceptors (Lipinski definition) is 4. The van der Waals surface area contributed by atoms with Gasteiger partial charge in [0.1, 0.15) is 9.84 Å². The van der Waals surface area contributed by atoms with E-state index in [0.717, 1.165) is 6.42 Å². The highest BCUT2D eigenvalue weighted by molar-refractivity contribution is 7.92. The fourth-order valence-corrected chi connectivity index (χ4v) is 6.75. The molecule has 2 aliphatic heterocycles. The summed E-state index contributed by atoms with van der Waals surface area (Å²) in [7, 11) is -6.44. The molecule has 0 bridgehead atoms. The lowest BCUT2D eigenvalue weighted by atomic mass is 10.0. The Morgan fingerprint density at radius 3 is 2.26 bits per heavy atom. The van der Waals surface area contributed by atoms with Crippen molar-refractivity contribution in [3.8, 4) is 0 Å². The van der Waals surface area contributed by atoms with Crippen molar-refractivity contribution in [2.24, 2.45) is 5.92 Å². The number of alkyl halides is 1. The molecule has 0 aromatic rings. The normalized spacial score (nSPS) is 34.2. The second-order valence-electron chi connectivity index (χ2n) is 5.54. The van der Waals surface area contributed by atoms with Crippen molar-refractivity contribution in [1.29, 1.82) is 0 Å². The third-order valence-corrected chi connectivity index (χ3v) is 8.76. The highest BCUT2D eigenvalue weighted by atomic mass is 35.5. The summed E-state index contributed by atoms with van der Waals surface area (Å²) in [6, 6.07) is 0. The van der Waals surface area contributed by atoms with E-state index in [1.54, 1.807) is 0 Å². The molecule has 0 amide bonds. The lowest BCUT2D eigenvalue weighted by Crippen LogP contribution is -2.48. The van der Waals surface area contributed by atoms with Gasteiger partial charge in [0.2, 0.25) is 10.0 Å². The van der Waals surface area contributed by atoms with Crippen LogP contribution < -0.4 is 0 Å². The summed E-state index contributed by atoms with van der Waals surface area (Å²) in [4.78, 5) is 0. The summed E-state index contributed by atoms with van der Waals surface area (Å²) in [5, 5.41) is -0.718. The van der Waals surface area contributed by atoms with Crippen LogP contribution in [0.4, 0.5) is 0 Å². The van der Waals surface area contributed by atoms with Crippen LogP contribution in [0, 0.1) is 5.92 Å². The van der Waals surface area contributed by atoms with Crippen LogP contribution in [0.2, 0.25) is 0 Å². The van der Waals surface area contributed by atoms with E-state index in [-0.39, 0.29) is 29.7 Å². The molecule has 0 saturated carbocycles. The first kappa shape index (κ1) is 15.5. The summed E-state index contributed by atoms with van der Waals surface area (Å²) >= 11 is 6.15. The third kappa shape index (κ3) is 3.43. The van der Waals surface area contributed by atoms with E-state index in [9.17, 15) is 16.8 Å². The molecule has 2 saturated heterocycles. The van der Waals surface area contributed by atoms with Crippen LogP contribution in [-0.4, -0.2) is 56.4 Å². The molecule has 2 fully saturated rings. The Balaban J connectivity index is 2.07. The summed E-state index contributed by atoms with van der Waals surface area (Å²) in [5.74, 6) is 0.275. The maximum absolute atomic E-state index is 12.5. The summed E-state index contributed by atoms with van der Waals surface area (Å²) in [5.41, 5.74) is 0. The molecule has 2 heterocycles. The SMILES string of the molecule is CC1CCN(S(=O)(=O)C2CCS(=O)(=O)CC2)CC1Cl. The van der Waals surface area contributed by atoms with E-state index in [4.69, 9.17) is 11.6 Å². The van der Waals surface area contributed by atoms with E-state index < -0.39 is 25.1 Å². The average Bonchev–Trinajstić information content (AvgIpc) is 2.32. The standard InChI is InChI=1S/C11H20ClNO4S2/c1-9-2-5-13(8-11(9)12)19(16,17)10-3-6-18(14,15)7-4-10/h9-11H,2-8H2,1H3. The fraction of sp³-hybridized carbons (Fsp3) is 1.00. The molecule has 112 valence electrons. The Labute approximate surface area is 120 Å². The minimum Gasteiger partial charge on any atom is -0.229 e. The van der Waals surface area contributed by atoms with Gasteiger partial charge in [-0.1, -0.05) is 6.92 Å². The van der Waals surface area contributed by atoms with Gasteiger partial charge in [-0.15, -0.1) is 11.6 Å². The summed E-state index contributed by atoms with van der Waals surface area (Å²) < 4.78 is 49.1. The molecule has 19 heavy (non-hydrogen) atoms. The molecule has 2 aliphatic rings. The predicted molar refractivity (Wildman–Crippen MR) is 75.6 cm³/mol. The first-order valence-electron chi connectivity index (χ1n) is 6.56. The molecule has 8 heteroatoms. The zero-order valence-electron chi connectivity index (χ0n) is 11.0. The molecular weight excluding hydrogens is 310 g/mol. The number of nitrogens with zero attached hydrogens (tertiary/aromatic N) is 1. The quantitative estimate of drug-likeness (QED) is 0.704. The predicted octanol–water partition coefficient (Wildman–Crippen LogP) is 0.843. The van der Waals surface area contributed by atoms with Gasteiger partial charge in [-0.25, -0.2) is 21.1 Å². The van der Waals surface area contributed by atoms with E-state index in [1.807, 2.05) is 6.92 Å². The Morgan fingerprint density at radius 1 is 1.16 bits per heavy atom. The molecule has 5 nitrogen and oxygen atoms in total. The topological polar surface area (TPSA) is 71.5 Å². The summed E-state index contributed by atoms with van der Waals surface area (Å²) in [6.45, 7) is 2.86. The van der Waals surface area contributed by atoms with Gasteiger partial charge in [-0.05, 0) is 25.2 Å². The molecule has 0 aliphatic carbocycles. The Hall–Kier alpha value is 0.150. The number of sulfone groups is 1. The molecular formula is C11H20ClNO4S2. The van der Waals surface area contributed by atoms with Crippen molar-refractivity contribution in [2.45, 2.75) is 36.8 Å². The van der Waals surface area contributed by atoms with Crippen molar-refractivity contribution in [2.75, 3.05) is 24.6 Å². The highest BCUT2D eigenvalue weighted by Gasteiger charge is 2.39. The molecule has 0 N–H and O–H groups in total. The third-order valence-electron chi connectivity index (χ3n) is 4.11. The number of hydrogen-bond donors (Lipinski definition) is 0. The van der Waals surface area contributed by atoms with Crippen LogP contribution in [0.1, 0.15) is 26.2 Å². The molecule has 2 rings (SSSR count). The van der Waals surface area contributed by atoms with Gasteiger partial charge in [-0.3, -0.25) is 0 Å². The van der Waals surface area contributed by atoms with Crippen LogP contribution in [0.15, 0.2) is 0 Å². The largest absolute Gasteiger partial charge is 0.229 e. The van der Waals surface area contributed by atoms with Crippen LogP contribution in [0.25, 0.3) is 0 Å². The van der Waals surface area contributed by atoms with E-state index in [1.165, 1.54) is 4.31 Å². The smallest absolute Gasteiger partial charge is 0.217 e. The van der Waals surface area contributed by atoms with Gasteiger partial charge in [0.05, 0.1) is 16.8 Å². The van der Waals surface area contributed by atoms with Crippen LogP contribution >= 0.6 is 11.6 Å². The van der Waals surface area contributed by atoms with Gasteiger partial charge in [-0.2, -0.15) is 0 Å². The van der Waals surface area contributed by atoms with E-state index >= 15 is 0 Å². The number of piperidine rings is 1. The highest BCUT2D eigenvalue weighted by Crippen LogP contribution is 2.28. The van der Waals surface area contributed by atoms with Gasteiger partial charge in [0.25, 0.3) is 0 Å². The van der Waals surface area contributed by atoms with Crippen molar-refractivity contribution < 1.29 is 16.8 Å². The van der Waals surface area contributed by atoms with E-state index in [2.05, 4.69) is 0 Å². The first-order valence-corrected chi connectivity index (χ1v) is 10.3. The maximum Gasteiger partial charge on any atom is 0.217 e. The lowest BCUT2D eigenvalue weighted by Gasteiger charge is -2.36.